The van der Waals surface area contributed by atoms with Gasteiger partial charge in [0.1, 0.15) is 6.61 Å². The van der Waals surface area contributed by atoms with Gasteiger partial charge in [0.15, 0.2) is 0 Å². The predicted octanol–water partition coefficient (Wildman–Crippen LogP) is 1.79. The van der Waals surface area contributed by atoms with Gasteiger partial charge in [0.2, 0.25) is 0 Å². The van der Waals surface area contributed by atoms with Crippen molar-refractivity contribution in [3.63, 3.8) is 0 Å². The summed E-state index contributed by atoms with van der Waals surface area (Å²) in [5.41, 5.74) is 0. The number of nitrogens with zero attached hydrogens (tertiary/aromatic N) is 1. The van der Waals surface area contributed by atoms with Crippen molar-refractivity contribution in [2.75, 3.05) is 13.2 Å². The average Bonchev–Trinajstić information content (AvgIpc) is 2.47. The summed E-state index contributed by atoms with van der Waals surface area (Å²) in [4.78, 5) is 13.0. The van der Waals surface area contributed by atoms with Crippen LogP contribution in [0.15, 0.2) is 12.7 Å². The van der Waals surface area contributed by atoms with E-state index in [2.05, 4.69) is 6.58 Å². The van der Waals surface area contributed by atoms with Gasteiger partial charge in [-0.3, -0.25) is 0 Å². The van der Waals surface area contributed by atoms with Gasteiger partial charge in [-0.15, -0.1) is 0 Å². The third-order valence-electron chi connectivity index (χ3n) is 2.11. The Labute approximate surface area is 73.0 Å². The zero-order valence-corrected chi connectivity index (χ0v) is 7.45. The number of hydrogen-bond donors (Lipinski definition) is 0. The molecule has 1 aliphatic rings. The number of carbonyl (C=O) groups excluding carboxylic acids is 1. The van der Waals surface area contributed by atoms with E-state index < -0.39 is 0 Å². The highest BCUT2D eigenvalue weighted by molar-refractivity contribution is 5.68. The van der Waals surface area contributed by atoms with Crippen LogP contribution in [-0.2, 0) is 4.74 Å². The van der Waals surface area contributed by atoms with Gasteiger partial charge in [-0.25, -0.2) is 4.79 Å². The second-order valence-corrected chi connectivity index (χ2v) is 3.05. The average molecular weight is 169 g/mol. The van der Waals surface area contributed by atoms with Gasteiger partial charge >= 0.3 is 6.09 Å². The number of rotatable bonds is 2. The Kier molecular flexibility index (Phi) is 3.14. The number of likely N-dealkylation sites (tertiary alicyclic amines) is 1. The topological polar surface area (TPSA) is 29.5 Å². The minimum Gasteiger partial charge on any atom is -0.445 e. The van der Waals surface area contributed by atoms with Crippen molar-refractivity contribution in [3.05, 3.63) is 12.7 Å². The molecule has 1 atom stereocenters. The Morgan fingerprint density at radius 1 is 1.83 bits per heavy atom. The summed E-state index contributed by atoms with van der Waals surface area (Å²) in [5.74, 6) is 0. The zero-order valence-electron chi connectivity index (χ0n) is 7.45. The summed E-state index contributed by atoms with van der Waals surface area (Å²) in [6, 6.07) is 0.335. The van der Waals surface area contributed by atoms with Gasteiger partial charge in [-0.05, 0) is 19.8 Å². The molecule has 1 unspecified atom stereocenters. The molecule has 1 aliphatic heterocycles. The van der Waals surface area contributed by atoms with E-state index in [4.69, 9.17) is 4.74 Å². The maximum Gasteiger partial charge on any atom is 0.410 e. The first kappa shape index (κ1) is 9.10. The molecule has 1 amide bonds. The fraction of sp³-hybridized carbons (Fsp3) is 0.667. The SMILES string of the molecule is C=CCOC(=O)N1CCCC1C. The first-order chi connectivity index (χ1) is 5.75. The Morgan fingerprint density at radius 3 is 3.08 bits per heavy atom. The predicted molar refractivity (Wildman–Crippen MR) is 46.9 cm³/mol. The van der Waals surface area contributed by atoms with Crippen LogP contribution in [0.3, 0.4) is 0 Å². The molecular weight excluding hydrogens is 154 g/mol. The number of hydrogen-bond acceptors (Lipinski definition) is 2. The minimum atomic E-state index is -0.208. The van der Waals surface area contributed by atoms with E-state index in [9.17, 15) is 4.79 Å². The molecule has 3 nitrogen and oxygen atoms in total. The first-order valence-corrected chi connectivity index (χ1v) is 4.30. The second-order valence-electron chi connectivity index (χ2n) is 3.05. The molecule has 0 aromatic rings. The Morgan fingerprint density at radius 2 is 2.58 bits per heavy atom. The van der Waals surface area contributed by atoms with E-state index in [1.54, 1.807) is 11.0 Å². The third-order valence-corrected chi connectivity index (χ3v) is 2.11. The maximum absolute atomic E-state index is 11.3. The van der Waals surface area contributed by atoms with E-state index in [1.807, 2.05) is 6.92 Å². The van der Waals surface area contributed by atoms with Crippen LogP contribution in [0.5, 0.6) is 0 Å². The van der Waals surface area contributed by atoms with Gasteiger partial charge in [0.25, 0.3) is 0 Å². The van der Waals surface area contributed by atoms with Crippen LogP contribution < -0.4 is 0 Å². The van der Waals surface area contributed by atoms with Gasteiger partial charge in [-0.1, -0.05) is 12.7 Å². The van der Waals surface area contributed by atoms with Crippen LogP contribution in [0, 0.1) is 0 Å². The van der Waals surface area contributed by atoms with Gasteiger partial charge in [0, 0.05) is 12.6 Å². The maximum atomic E-state index is 11.3. The lowest BCUT2D eigenvalue weighted by Crippen LogP contribution is -2.34. The van der Waals surface area contributed by atoms with Crippen molar-refractivity contribution in [1.82, 2.24) is 4.90 Å². The van der Waals surface area contributed by atoms with Crippen molar-refractivity contribution in [2.45, 2.75) is 25.8 Å². The smallest absolute Gasteiger partial charge is 0.410 e. The molecule has 1 heterocycles. The zero-order chi connectivity index (χ0) is 8.97. The summed E-state index contributed by atoms with van der Waals surface area (Å²) < 4.78 is 4.91. The van der Waals surface area contributed by atoms with E-state index in [0.717, 1.165) is 19.4 Å². The van der Waals surface area contributed by atoms with E-state index in [-0.39, 0.29) is 6.09 Å². The van der Waals surface area contributed by atoms with Crippen LogP contribution in [-0.4, -0.2) is 30.2 Å². The highest BCUT2D eigenvalue weighted by atomic mass is 16.6. The van der Waals surface area contributed by atoms with E-state index >= 15 is 0 Å². The quantitative estimate of drug-likeness (QED) is 0.590. The number of amides is 1. The molecule has 0 aromatic carbocycles. The van der Waals surface area contributed by atoms with Gasteiger partial charge in [0.05, 0.1) is 0 Å². The Hall–Kier alpha value is -0.990. The fourth-order valence-corrected chi connectivity index (χ4v) is 1.42. The standard InChI is InChI=1S/C9H15NO2/c1-3-7-12-9(11)10-6-4-5-8(10)2/h3,8H,1,4-7H2,2H3. The number of ether oxygens (including phenoxy) is 1. The van der Waals surface area contributed by atoms with E-state index in [0.29, 0.717) is 12.6 Å². The molecule has 12 heavy (non-hydrogen) atoms. The van der Waals surface area contributed by atoms with Crippen LogP contribution in [0.2, 0.25) is 0 Å². The van der Waals surface area contributed by atoms with Gasteiger partial charge in [-0.2, -0.15) is 0 Å². The summed E-state index contributed by atoms with van der Waals surface area (Å²) in [7, 11) is 0. The lowest BCUT2D eigenvalue weighted by molar-refractivity contribution is 0.110. The van der Waals surface area contributed by atoms with Crippen molar-refractivity contribution in [1.29, 1.82) is 0 Å². The molecule has 1 rings (SSSR count). The molecule has 0 spiro atoms. The molecule has 68 valence electrons. The highest BCUT2D eigenvalue weighted by Gasteiger charge is 2.25. The highest BCUT2D eigenvalue weighted by Crippen LogP contribution is 2.16. The Bertz CT molecular complexity index is 179. The monoisotopic (exact) mass is 169 g/mol. The molecule has 1 saturated heterocycles. The van der Waals surface area contributed by atoms with Crippen LogP contribution >= 0.6 is 0 Å². The molecule has 0 saturated carbocycles. The summed E-state index contributed by atoms with van der Waals surface area (Å²) >= 11 is 0. The molecule has 0 N–H and O–H groups in total. The van der Waals surface area contributed by atoms with Crippen molar-refractivity contribution in [2.24, 2.45) is 0 Å². The molecule has 1 fully saturated rings. The molecule has 3 heteroatoms. The van der Waals surface area contributed by atoms with Gasteiger partial charge < -0.3 is 9.64 Å². The molecule has 0 aliphatic carbocycles. The second kappa shape index (κ2) is 4.14. The minimum absolute atomic E-state index is 0.208. The normalized spacial score (nSPS) is 22.4. The summed E-state index contributed by atoms with van der Waals surface area (Å²) in [6.45, 7) is 6.66. The lowest BCUT2D eigenvalue weighted by Gasteiger charge is -2.19. The fourth-order valence-electron chi connectivity index (χ4n) is 1.42. The molecule has 0 aromatic heterocycles. The third kappa shape index (κ3) is 2.00. The van der Waals surface area contributed by atoms with Crippen molar-refractivity contribution in [3.8, 4) is 0 Å². The summed E-state index contributed by atoms with van der Waals surface area (Å²) in [6.07, 6.45) is 3.55. The van der Waals surface area contributed by atoms with Crippen molar-refractivity contribution < 1.29 is 9.53 Å². The molecule has 0 bridgehead atoms. The summed E-state index contributed by atoms with van der Waals surface area (Å²) in [5, 5.41) is 0. The molecule has 0 radical (unpaired) electrons. The van der Waals surface area contributed by atoms with Crippen molar-refractivity contribution >= 4 is 6.09 Å². The van der Waals surface area contributed by atoms with Crippen LogP contribution in [0.4, 0.5) is 4.79 Å². The van der Waals surface area contributed by atoms with Crippen LogP contribution in [0.25, 0.3) is 0 Å². The number of carbonyl (C=O) groups is 1. The Balaban J connectivity index is 2.35. The first-order valence-electron chi connectivity index (χ1n) is 4.30. The molecular formula is C9H15NO2. The lowest BCUT2D eigenvalue weighted by atomic mass is 10.2. The van der Waals surface area contributed by atoms with E-state index in [1.165, 1.54) is 0 Å². The largest absolute Gasteiger partial charge is 0.445 e. The van der Waals surface area contributed by atoms with Crippen LogP contribution in [0.1, 0.15) is 19.8 Å².